The van der Waals surface area contributed by atoms with Gasteiger partial charge in [0.05, 0.1) is 25.8 Å². The van der Waals surface area contributed by atoms with Crippen LogP contribution >= 0.6 is 0 Å². The van der Waals surface area contributed by atoms with E-state index in [0.29, 0.717) is 23.6 Å². The van der Waals surface area contributed by atoms with E-state index in [4.69, 9.17) is 9.47 Å². The molecule has 1 N–H and O–H groups in total. The van der Waals surface area contributed by atoms with Crippen molar-refractivity contribution in [2.75, 3.05) is 14.2 Å². The van der Waals surface area contributed by atoms with Gasteiger partial charge in [0.25, 0.3) is 0 Å². The first kappa shape index (κ1) is 15.3. The molecule has 5 nitrogen and oxygen atoms in total. The molecule has 0 saturated carbocycles. The second kappa shape index (κ2) is 5.91. The molecule has 1 rings (SSSR count). The van der Waals surface area contributed by atoms with Gasteiger partial charge in [-0.1, -0.05) is 20.8 Å². The van der Waals surface area contributed by atoms with Gasteiger partial charge >= 0.3 is 5.97 Å². The van der Waals surface area contributed by atoms with Crippen molar-refractivity contribution in [1.82, 2.24) is 4.98 Å². The van der Waals surface area contributed by atoms with Crippen LogP contribution in [0.2, 0.25) is 0 Å². The van der Waals surface area contributed by atoms with Crippen molar-refractivity contribution >= 4 is 5.97 Å². The normalized spacial score (nSPS) is 12.9. The minimum atomic E-state index is -0.834. The van der Waals surface area contributed by atoms with Gasteiger partial charge in [0, 0.05) is 18.7 Å². The maximum atomic E-state index is 11.4. The molecule has 1 aromatic heterocycles. The number of rotatable bonds is 5. The number of carboxylic acid groups (broad SMARTS) is 1. The van der Waals surface area contributed by atoms with Gasteiger partial charge in [-0.15, -0.1) is 0 Å². The van der Waals surface area contributed by atoms with Gasteiger partial charge < -0.3 is 14.6 Å². The lowest BCUT2D eigenvalue weighted by molar-refractivity contribution is -0.145. The van der Waals surface area contributed by atoms with Gasteiger partial charge in [-0.2, -0.15) is 0 Å². The molecule has 5 heteroatoms. The fourth-order valence-corrected chi connectivity index (χ4v) is 1.95. The predicted molar refractivity (Wildman–Crippen MR) is 71.6 cm³/mol. The van der Waals surface area contributed by atoms with Crippen molar-refractivity contribution in [1.29, 1.82) is 0 Å². The first-order valence-corrected chi connectivity index (χ1v) is 6.10. The minimum Gasteiger partial charge on any atom is -0.493 e. The van der Waals surface area contributed by atoms with E-state index >= 15 is 0 Å². The molecule has 1 aromatic rings. The summed E-state index contributed by atoms with van der Waals surface area (Å²) in [5.41, 5.74) is 0.242. The number of ether oxygens (including phenoxy) is 2. The summed E-state index contributed by atoms with van der Waals surface area (Å²) in [4.78, 5) is 15.6. The van der Waals surface area contributed by atoms with Crippen molar-refractivity contribution in [3.8, 4) is 11.5 Å². The molecule has 0 aromatic carbocycles. The van der Waals surface area contributed by atoms with Crippen LogP contribution in [-0.4, -0.2) is 30.3 Å². The number of carboxylic acids is 1. The number of hydrogen-bond acceptors (Lipinski definition) is 4. The molecule has 1 unspecified atom stereocenters. The number of methoxy groups -OCH3 is 2. The van der Waals surface area contributed by atoms with E-state index in [9.17, 15) is 9.90 Å². The Balaban J connectivity index is 3.13. The third-order valence-corrected chi connectivity index (χ3v) is 3.11. The maximum absolute atomic E-state index is 11.4. The van der Waals surface area contributed by atoms with E-state index in [0.717, 1.165) is 0 Å². The van der Waals surface area contributed by atoms with Crippen molar-refractivity contribution in [2.45, 2.75) is 27.2 Å². The Kier molecular flexibility index (Phi) is 4.75. The molecule has 1 atom stereocenters. The standard InChI is InChI=1S/C14H21NO4/c1-14(2,3)9(13(16)17)8-10-12(19-5)11(18-4)6-7-15-10/h6-7,9H,8H2,1-5H3,(H,16,17). The van der Waals surface area contributed by atoms with E-state index < -0.39 is 11.9 Å². The van der Waals surface area contributed by atoms with Gasteiger partial charge in [0.2, 0.25) is 0 Å². The molecule has 0 spiro atoms. The topological polar surface area (TPSA) is 68.7 Å². The van der Waals surface area contributed by atoms with E-state index in [-0.39, 0.29) is 5.41 Å². The van der Waals surface area contributed by atoms with E-state index in [2.05, 4.69) is 4.98 Å². The molecule has 0 aliphatic rings. The maximum Gasteiger partial charge on any atom is 0.307 e. The van der Waals surface area contributed by atoms with Crippen LogP contribution in [0.1, 0.15) is 26.5 Å². The van der Waals surface area contributed by atoms with Gasteiger partial charge in [-0.25, -0.2) is 0 Å². The largest absolute Gasteiger partial charge is 0.493 e. The van der Waals surface area contributed by atoms with Gasteiger partial charge in [-0.3, -0.25) is 9.78 Å². The van der Waals surface area contributed by atoms with Crippen LogP contribution in [-0.2, 0) is 11.2 Å². The summed E-state index contributed by atoms with van der Waals surface area (Å²) in [6.07, 6.45) is 1.90. The second-order valence-electron chi connectivity index (χ2n) is 5.45. The molecule has 1 heterocycles. The van der Waals surface area contributed by atoms with Crippen LogP contribution in [0.15, 0.2) is 12.3 Å². The zero-order valence-electron chi connectivity index (χ0n) is 12.1. The fraction of sp³-hybridized carbons (Fsp3) is 0.571. The molecule has 0 radical (unpaired) electrons. The third-order valence-electron chi connectivity index (χ3n) is 3.11. The molecule has 0 aliphatic carbocycles. The summed E-state index contributed by atoms with van der Waals surface area (Å²) in [6, 6.07) is 1.69. The highest BCUT2D eigenvalue weighted by Crippen LogP contribution is 2.35. The summed E-state index contributed by atoms with van der Waals surface area (Å²) in [5.74, 6) is -0.314. The summed E-state index contributed by atoms with van der Waals surface area (Å²) in [7, 11) is 3.07. The van der Waals surface area contributed by atoms with Crippen molar-refractivity contribution in [3.05, 3.63) is 18.0 Å². The Labute approximate surface area is 113 Å². The minimum absolute atomic E-state index is 0.305. The average Bonchev–Trinajstić information content (AvgIpc) is 2.33. The summed E-state index contributed by atoms with van der Waals surface area (Å²) in [5, 5.41) is 9.36. The van der Waals surface area contributed by atoms with Crippen LogP contribution < -0.4 is 9.47 Å². The van der Waals surface area contributed by atoms with Crippen LogP contribution in [0.5, 0.6) is 11.5 Å². The second-order valence-corrected chi connectivity index (χ2v) is 5.45. The van der Waals surface area contributed by atoms with Gasteiger partial charge in [0.15, 0.2) is 11.5 Å². The number of nitrogens with zero attached hydrogens (tertiary/aromatic N) is 1. The lowest BCUT2D eigenvalue weighted by Gasteiger charge is -2.27. The first-order chi connectivity index (χ1) is 8.81. The molecular formula is C14H21NO4. The number of aliphatic carboxylic acids is 1. The Morgan fingerprint density at radius 1 is 1.37 bits per heavy atom. The summed E-state index contributed by atoms with van der Waals surface area (Å²) >= 11 is 0. The van der Waals surface area contributed by atoms with Crippen LogP contribution in [0.3, 0.4) is 0 Å². The van der Waals surface area contributed by atoms with Crippen LogP contribution in [0.4, 0.5) is 0 Å². The quantitative estimate of drug-likeness (QED) is 0.887. The number of aromatic nitrogens is 1. The Morgan fingerprint density at radius 2 is 2.00 bits per heavy atom. The number of hydrogen-bond donors (Lipinski definition) is 1. The number of pyridine rings is 1. The first-order valence-electron chi connectivity index (χ1n) is 6.10. The Morgan fingerprint density at radius 3 is 2.42 bits per heavy atom. The molecule has 106 valence electrons. The van der Waals surface area contributed by atoms with E-state index in [1.165, 1.54) is 7.11 Å². The Hall–Kier alpha value is -1.78. The highest BCUT2D eigenvalue weighted by molar-refractivity contribution is 5.71. The molecule has 0 fully saturated rings. The molecule has 0 bridgehead atoms. The van der Waals surface area contributed by atoms with Crippen LogP contribution in [0.25, 0.3) is 0 Å². The molecule has 0 saturated heterocycles. The van der Waals surface area contributed by atoms with Crippen molar-refractivity contribution < 1.29 is 19.4 Å². The smallest absolute Gasteiger partial charge is 0.307 e. The third kappa shape index (κ3) is 3.59. The highest BCUT2D eigenvalue weighted by atomic mass is 16.5. The summed E-state index contributed by atoms with van der Waals surface area (Å²) < 4.78 is 10.5. The van der Waals surface area contributed by atoms with E-state index in [1.807, 2.05) is 20.8 Å². The summed E-state index contributed by atoms with van der Waals surface area (Å²) in [6.45, 7) is 5.70. The van der Waals surface area contributed by atoms with Crippen LogP contribution in [0, 0.1) is 11.3 Å². The monoisotopic (exact) mass is 267 g/mol. The van der Waals surface area contributed by atoms with Crippen molar-refractivity contribution in [3.63, 3.8) is 0 Å². The highest BCUT2D eigenvalue weighted by Gasteiger charge is 2.32. The van der Waals surface area contributed by atoms with Gasteiger partial charge in [0.1, 0.15) is 0 Å². The molecule has 0 amide bonds. The molecule has 19 heavy (non-hydrogen) atoms. The predicted octanol–water partition coefficient (Wildman–Crippen LogP) is 2.39. The van der Waals surface area contributed by atoms with Gasteiger partial charge in [-0.05, 0) is 5.41 Å². The Bertz CT molecular complexity index is 451. The molecular weight excluding hydrogens is 246 g/mol. The fourth-order valence-electron chi connectivity index (χ4n) is 1.95. The lowest BCUT2D eigenvalue weighted by atomic mass is 9.78. The molecule has 0 aliphatic heterocycles. The average molecular weight is 267 g/mol. The number of carbonyl (C=O) groups is 1. The van der Waals surface area contributed by atoms with E-state index in [1.54, 1.807) is 19.4 Å². The zero-order chi connectivity index (χ0) is 14.6. The lowest BCUT2D eigenvalue weighted by Crippen LogP contribution is -2.30. The zero-order valence-corrected chi connectivity index (χ0v) is 12.1. The van der Waals surface area contributed by atoms with Crippen molar-refractivity contribution in [2.24, 2.45) is 11.3 Å². The SMILES string of the molecule is COc1ccnc(CC(C(=O)O)C(C)(C)C)c1OC.